The molecule has 4 heteroatoms. The first-order chi connectivity index (χ1) is 10.1. The topological polar surface area (TPSA) is 64.3 Å². The number of nitrogens with two attached hydrogens (primary N) is 1. The van der Waals surface area contributed by atoms with Crippen LogP contribution < -0.4 is 16.0 Å². The molecule has 2 aromatic carbocycles. The number of hydrogen-bond acceptors (Lipinski definition) is 3. The van der Waals surface area contributed by atoms with Crippen molar-refractivity contribution in [2.24, 2.45) is 5.84 Å². The standard InChI is InChI=1S/C17H20N2O2/c1-12-6-5-7-13(2)17(12)21-11-15-9-4-3-8-14(15)10-16(20)19-18/h3-9H,10-11,18H2,1-2H3,(H,19,20). The van der Waals surface area contributed by atoms with Gasteiger partial charge in [0.15, 0.2) is 0 Å². The second-order valence-electron chi connectivity index (χ2n) is 5.02. The highest BCUT2D eigenvalue weighted by Crippen LogP contribution is 2.24. The van der Waals surface area contributed by atoms with Gasteiger partial charge in [0.25, 0.3) is 0 Å². The number of para-hydroxylation sites is 1. The van der Waals surface area contributed by atoms with Crippen LogP contribution in [0.3, 0.4) is 0 Å². The average Bonchev–Trinajstić information content (AvgIpc) is 2.48. The van der Waals surface area contributed by atoms with Gasteiger partial charge in [0.1, 0.15) is 12.4 Å². The van der Waals surface area contributed by atoms with E-state index in [0.29, 0.717) is 6.61 Å². The van der Waals surface area contributed by atoms with Crippen molar-refractivity contribution in [3.63, 3.8) is 0 Å². The smallest absolute Gasteiger partial charge is 0.238 e. The van der Waals surface area contributed by atoms with Crippen molar-refractivity contribution < 1.29 is 9.53 Å². The third kappa shape index (κ3) is 3.83. The lowest BCUT2D eigenvalue weighted by atomic mass is 10.0. The normalized spacial score (nSPS) is 10.2. The van der Waals surface area contributed by atoms with Gasteiger partial charge in [-0.05, 0) is 36.1 Å². The Bertz CT molecular complexity index is 618. The van der Waals surface area contributed by atoms with Gasteiger partial charge in [-0.3, -0.25) is 10.2 Å². The number of hydrogen-bond donors (Lipinski definition) is 2. The summed E-state index contributed by atoms with van der Waals surface area (Å²) in [6.07, 6.45) is 0.253. The summed E-state index contributed by atoms with van der Waals surface area (Å²) in [5.74, 6) is 5.83. The molecule has 0 aliphatic carbocycles. The Morgan fingerprint density at radius 1 is 1.05 bits per heavy atom. The van der Waals surface area contributed by atoms with E-state index in [4.69, 9.17) is 10.6 Å². The molecule has 2 aromatic rings. The molecule has 0 aromatic heterocycles. The molecule has 0 saturated carbocycles. The monoisotopic (exact) mass is 284 g/mol. The van der Waals surface area contributed by atoms with E-state index in [9.17, 15) is 4.79 Å². The lowest BCUT2D eigenvalue weighted by Gasteiger charge is -2.14. The van der Waals surface area contributed by atoms with Crippen LogP contribution in [0.15, 0.2) is 42.5 Å². The van der Waals surface area contributed by atoms with Crippen LogP contribution in [0.25, 0.3) is 0 Å². The van der Waals surface area contributed by atoms with Crippen LogP contribution in [0.2, 0.25) is 0 Å². The first-order valence-electron chi connectivity index (χ1n) is 6.87. The largest absolute Gasteiger partial charge is 0.488 e. The molecule has 0 spiro atoms. The molecule has 1 amide bonds. The molecule has 0 fully saturated rings. The summed E-state index contributed by atoms with van der Waals surface area (Å²) in [4.78, 5) is 11.4. The van der Waals surface area contributed by atoms with Gasteiger partial charge in [-0.1, -0.05) is 42.5 Å². The third-order valence-corrected chi connectivity index (χ3v) is 3.41. The summed E-state index contributed by atoms with van der Waals surface area (Å²) >= 11 is 0. The number of carbonyl (C=O) groups is 1. The number of amides is 1. The van der Waals surface area contributed by atoms with Gasteiger partial charge < -0.3 is 4.74 Å². The Balaban J connectivity index is 2.15. The Morgan fingerprint density at radius 3 is 2.29 bits per heavy atom. The fraction of sp³-hybridized carbons (Fsp3) is 0.235. The zero-order chi connectivity index (χ0) is 15.2. The molecule has 0 radical (unpaired) electrons. The zero-order valence-electron chi connectivity index (χ0n) is 12.3. The highest BCUT2D eigenvalue weighted by atomic mass is 16.5. The van der Waals surface area contributed by atoms with Crippen LogP contribution in [-0.4, -0.2) is 5.91 Å². The van der Waals surface area contributed by atoms with Crippen molar-refractivity contribution in [3.8, 4) is 5.75 Å². The highest BCUT2D eigenvalue weighted by Gasteiger charge is 2.09. The van der Waals surface area contributed by atoms with Crippen LogP contribution in [0.1, 0.15) is 22.3 Å². The minimum Gasteiger partial charge on any atom is -0.488 e. The van der Waals surface area contributed by atoms with Crippen LogP contribution in [0.4, 0.5) is 0 Å². The molecular weight excluding hydrogens is 264 g/mol. The third-order valence-electron chi connectivity index (χ3n) is 3.41. The molecule has 0 atom stereocenters. The summed E-state index contributed by atoms with van der Waals surface area (Å²) in [7, 11) is 0. The number of nitrogens with one attached hydrogen (secondary N) is 1. The molecule has 0 aliphatic rings. The van der Waals surface area contributed by atoms with Gasteiger partial charge in [-0.15, -0.1) is 0 Å². The quantitative estimate of drug-likeness (QED) is 0.503. The molecule has 0 bridgehead atoms. The highest BCUT2D eigenvalue weighted by molar-refractivity contribution is 5.78. The number of rotatable bonds is 5. The van der Waals surface area contributed by atoms with E-state index in [-0.39, 0.29) is 12.3 Å². The van der Waals surface area contributed by atoms with Gasteiger partial charge in [0.05, 0.1) is 6.42 Å². The van der Waals surface area contributed by atoms with Gasteiger partial charge in [-0.25, -0.2) is 5.84 Å². The van der Waals surface area contributed by atoms with Gasteiger partial charge in [0.2, 0.25) is 5.91 Å². The summed E-state index contributed by atoms with van der Waals surface area (Å²) in [5, 5.41) is 0. The second-order valence-corrected chi connectivity index (χ2v) is 5.02. The summed E-state index contributed by atoms with van der Waals surface area (Å²) in [6, 6.07) is 13.8. The van der Waals surface area contributed by atoms with E-state index in [0.717, 1.165) is 28.0 Å². The molecule has 110 valence electrons. The van der Waals surface area contributed by atoms with E-state index >= 15 is 0 Å². The molecular formula is C17H20N2O2. The number of benzene rings is 2. The van der Waals surface area contributed by atoms with Gasteiger partial charge in [0, 0.05) is 0 Å². The fourth-order valence-corrected chi connectivity index (χ4v) is 2.27. The summed E-state index contributed by atoms with van der Waals surface area (Å²) in [5.41, 5.74) is 6.27. The number of carbonyl (C=O) groups excluding carboxylic acids is 1. The van der Waals surface area contributed by atoms with Gasteiger partial charge >= 0.3 is 0 Å². The van der Waals surface area contributed by atoms with E-state index in [1.165, 1.54) is 0 Å². The predicted octanol–water partition coefficient (Wildman–Crippen LogP) is 2.41. The molecule has 0 unspecified atom stereocenters. The molecule has 21 heavy (non-hydrogen) atoms. The van der Waals surface area contributed by atoms with Crippen molar-refractivity contribution in [2.75, 3.05) is 0 Å². The minimum absolute atomic E-state index is 0.213. The number of hydrazine groups is 1. The molecule has 2 rings (SSSR count). The maximum atomic E-state index is 11.4. The van der Waals surface area contributed by atoms with E-state index in [1.54, 1.807) is 0 Å². The summed E-state index contributed by atoms with van der Waals surface area (Å²) in [6.45, 7) is 4.48. The Labute approximate surface area is 124 Å². The van der Waals surface area contributed by atoms with Crippen molar-refractivity contribution in [1.82, 2.24) is 5.43 Å². The van der Waals surface area contributed by atoms with Crippen molar-refractivity contribution in [2.45, 2.75) is 26.9 Å². The second kappa shape index (κ2) is 6.90. The Morgan fingerprint density at radius 2 is 1.67 bits per heavy atom. The van der Waals surface area contributed by atoms with E-state index in [1.807, 2.05) is 56.3 Å². The predicted molar refractivity (Wildman–Crippen MR) is 82.7 cm³/mol. The van der Waals surface area contributed by atoms with E-state index < -0.39 is 0 Å². The van der Waals surface area contributed by atoms with Crippen LogP contribution >= 0.6 is 0 Å². The maximum Gasteiger partial charge on any atom is 0.238 e. The van der Waals surface area contributed by atoms with Crippen LogP contribution in [-0.2, 0) is 17.8 Å². The minimum atomic E-state index is -0.213. The number of ether oxygens (including phenoxy) is 1. The van der Waals surface area contributed by atoms with Crippen molar-refractivity contribution >= 4 is 5.91 Å². The van der Waals surface area contributed by atoms with Crippen LogP contribution in [0, 0.1) is 13.8 Å². The fourth-order valence-electron chi connectivity index (χ4n) is 2.27. The lowest BCUT2D eigenvalue weighted by molar-refractivity contribution is -0.120. The SMILES string of the molecule is Cc1cccc(C)c1OCc1ccccc1CC(=O)NN. The molecule has 4 nitrogen and oxygen atoms in total. The van der Waals surface area contributed by atoms with Gasteiger partial charge in [-0.2, -0.15) is 0 Å². The molecule has 0 heterocycles. The van der Waals surface area contributed by atoms with Crippen molar-refractivity contribution in [1.29, 1.82) is 0 Å². The lowest BCUT2D eigenvalue weighted by Crippen LogP contribution is -2.31. The van der Waals surface area contributed by atoms with Crippen LogP contribution in [0.5, 0.6) is 5.75 Å². The summed E-state index contributed by atoms with van der Waals surface area (Å²) < 4.78 is 5.95. The number of aryl methyl sites for hydroxylation is 2. The molecule has 3 N–H and O–H groups in total. The first-order valence-corrected chi connectivity index (χ1v) is 6.87. The zero-order valence-corrected chi connectivity index (χ0v) is 12.3. The maximum absolute atomic E-state index is 11.4. The van der Waals surface area contributed by atoms with Crippen molar-refractivity contribution in [3.05, 3.63) is 64.7 Å². The average molecular weight is 284 g/mol. The molecule has 0 saturated heterocycles. The Hall–Kier alpha value is -2.33. The Kier molecular flexibility index (Phi) is 4.95. The van der Waals surface area contributed by atoms with E-state index in [2.05, 4.69) is 5.43 Å². The first kappa shape index (κ1) is 15.1. The molecule has 0 aliphatic heterocycles.